The van der Waals surface area contributed by atoms with Crippen molar-refractivity contribution in [2.24, 2.45) is 56.7 Å². The Balaban J connectivity index is 1.37. The molecule has 0 aromatic heterocycles. The number of hydrogen-bond donors (Lipinski definition) is 1. The number of nitrogens with zero attached hydrogens (tertiary/aromatic N) is 1. The largest absolute Gasteiger partial charge is 0.481 e. The number of aliphatic carboxylic acids is 1. The SMILES string of the molecule is CC(=O)O[C@@H]1C[C@]23COC[C@@](C)([C@@H]2CC[C@H]2C3=CC[C@@]3(C)[C@H](C(=O)O)[C@@](C)([C@H](C)C(C)C)CC[C@]23C)[C@H]1OC(=O)CN1CCOCC1. The van der Waals surface area contributed by atoms with Crippen molar-refractivity contribution in [3.63, 3.8) is 0 Å². The Labute approximate surface area is 281 Å². The lowest BCUT2D eigenvalue weighted by Gasteiger charge is -2.71. The number of carboxylic acid groups (broad SMARTS) is 1. The molecule has 5 fully saturated rings. The van der Waals surface area contributed by atoms with Crippen LogP contribution in [0.25, 0.3) is 0 Å². The molecule has 9 heteroatoms. The van der Waals surface area contributed by atoms with Gasteiger partial charge in [-0.15, -0.1) is 0 Å². The number of rotatable bonds is 7. The predicted molar refractivity (Wildman–Crippen MR) is 176 cm³/mol. The summed E-state index contributed by atoms with van der Waals surface area (Å²) in [6, 6.07) is 0. The number of carboxylic acids is 1. The molecule has 11 atom stereocenters. The Bertz CT molecular complexity index is 1290. The molecule has 3 saturated carbocycles. The van der Waals surface area contributed by atoms with Gasteiger partial charge in [0, 0.05) is 30.8 Å². The second kappa shape index (κ2) is 12.1. The lowest BCUT2D eigenvalue weighted by Crippen LogP contribution is -2.70. The van der Waals surface area contributed by atoms with Crippen molar-refractivity contribution < 1.29 is 38.4 Å². The molecule has 264 valence electrons. The first kappa shape index (κ1) is 34.9. The van der Waals surface area contributed by atoms with Gasteiger partial charge in [-0.05, 0) is 78.4 Å². The van der Waals surface area contributed by atoms with Gasteiger partial charge in [0.2, 0.25) is 0 Å². The lowest BCUT2D eigenvalue weighted by molar-refractivity contribution is -0.263. The van der Waals surface area contributed by atoms with Gasteiger partial charge in [0.25, 0.3) is 0 Å². The Hall–Kier alpha value is -1.97. The minimum atomic E-state index is -0.667. The fraction of sp³-hybridized carbons (Fsp3) is 0.868. The van der Waals surface area contributed by atoms with Gasteiger partial charge in [-0.2, -0.15) is 0 Å². The number of morpholine rings is 1. The Morgan fingerprint density at radius 3 is 2.32 bits per heavy atom. The van der Waals surface area contributed by atoms with Gasteiger partial charge in [-0.25, -0.2) is 0 Å². The van der Waals surface area contributed by atoms with E-state index in [0.717, 1.165) is 25.7 Å². The number of allylic oxidation sites excluding steroid dienone is 1. The van der Waals surface area contributed by atoms with Crippen molar-refractivity contribution in [3.8, 4) is 0 Å². The van der Waals surface area contributed by atoms with E-state index in [2.05, 4.69) is 59.4 Å². The van der Waals surface area contributed by atoms with Crippen LogP contribution in [0.4, 0.5) is 0 Å². The third-order valence-electron chi connectivity index (χ3n) is 15.1. The highest BCUT2D eigenvalue weighted by atomic mass is 16.6. The van der Waals surface area contributed by atoms with Gasteiger partial charge in [-0.3, -0.25) is 19.3 Å². The van der Waals surface area contributed by atoms with Gasteiger partial charge in [0.05, 0.1) is 38.9 Å². The molecule has 6 rings (SSSR count). The molecule has 2 saturated heterocycles. The van der Waals surface area contributed by atoms with E-state index in [9.17, 15) is 19.5 Å². The number of carbonyl (C=O) groups is 3. The molecule has 9 nitrogen and oxygen atoms in total. The molecule has 0 amide bonds. The maximum atomic E-state index is 13.4. The summed E-state index contributed by atoms with van der Waals surface area (Å²) < 4.78 is 24.4. The van der Waals surface area contributed by atoms with Crippen molar-refractivity contribution in [1.29, 1.82) is 0 Å². The highest BCUT2D eigenvalue weighted by Crippen LogP contribution is 2.75. The third kappa shape index (κ3) is 5.22. The first-order valence-corrected chi connectivity index (χ1v) is 18.2. The zero-order valence-electron chi connectivity index (χ0n) is 30.1. The van der Waals surface area contributed by atoms with Gasteiger partial charge in [-0.1, -0.05) is 60.1 Å². The van der Waals surface area contributed by atoms with E-state index < -0.39 is 34.9 Å². The topological polar surface area (TPSA) is 112 Å². The normalized spacial score (nSPS) is 45.5. The Morgan fingerprint density at radius 1 is 0.979 bits per heavy atom. The second-order valence-electron chi connectivity index (χ2n) is 17.5. The van der Waals surface area contributed by atoms with Gasteiger partial charge >= 0.3 is 17.9 Å². The lowest BCUT2D eigenvalue weighted by atomic mass is 9.34. The summed E-state index contributed by atoms with van der Waals surface area (Å²) in [5, 5.41) is 11.0. The van der Waals surface area contributed by atoms with E-state index in [4.69, 9.17) is 18.9 Å². The summed E-state index contributed by atoms with van der Waals surface area (Å²) >= 11 is 0. The molecule has 6 aliphatic rings. The predicted octanol–water partition coefficient (Wildman–Crippen LogP) is 5.75. The molecule has 2 aliphatic heterocycles. The molecule has 2 heterocycles. The fourth-order valence-electron chi connectivity index (χ4n) is 12.2. The van der Waals surface area contributed by atoms with E-state index >= 15 is 0 Å². The molecular weight excluding hydrogens is 598 g/mol. The molecule has 47 heavy (non-hydrogen) atoms. The molecule has 0 radical (unpaired) electrons. The molecule has 0 spiro atoms. The van der Waals surface area contributed by atoms with Crippen LogP contribution in [0.2, 0.25) is 0 Å². The van der Waals surface area contributed by atoms with Crippen molar-refractivity contribution in [2.75, 3.05) is 46.1 Å². The smallest absolute Gasteiger partial charge is 0.320 e. The quantitative estimate of drug-likeness (QED) is 0.270. The number of hydrogen-bond acceptors (Lipinski definition) is 8. The number of ether oxygens (including phenoxy) is 4. The van der Waals surface area contributed by atoms with Crippen molar-refractivity contribution >= 4 is 17.9 Å². The van der Waals surface area contributed by atoms with Crippen LogP contribution in [0.3, 0.4) is 0 Å². The van der Waals surface area contributed by atoms with Crippen molar-refractivity contribution in [3.05, 3.63) is 11.6 Å². The van der Waals surface area contributed by atoms with Gasteiger partial charge < -0.3 is 24.1 Å². The average molecular weight is 658 g/mol. The van der Waals surface area contributed by atoms with Crippen LogP contribution >= 0.6 is 0 Å². The van der Waals surface area contributed by atoms with Crippen LogP contribution in [-0.4, -0.2) is 86.2 Å². The standard InChI is InChI=1S/C38H59NO8/c1-23(2)24(3)34(5)13-14-36(7)26-9-10-29-35(6)21-45-22-38(29,27(26)11-12-37(36,8)31(34)33(42)43)19-28(46-25(4)40)32(35)47-30(41)20-39-15-17-44-18-16-39/h11,23-24,26,28-29,31-32H,9-10,12-22H2,1-8H3,(H,42,43)/t24-,26+,28-,29+,31-,32+,34-,35+,36-,37+,38-/m1/s1. The number of carbonyl (C=O) groups excluding carboxylic acids is 2. The zero-order chi connectivity index (χ0) is 34.2. The minimum Gasteiger partial charge on any atom is -0.481 e. The monoisotopic (exact) mass is 657 g/mol. The van der Waals surface area contributed by atoms with E-state index in [1.165, 1.54) is 12.5 Å². The third-order valence-corrected chi connectivity index (χ3v) is 15.1. The molecule has 0 unspecified atom stereocenters. The molecule has 2 bridgehead atoms. The summed E-state index contributed by atoms with van der Waals surface area (Å²) in [6.07, 6.45) is 6.23. The minimum absolute atomic E-state index is 0.183. The van der Waals surface area contributed by atoms with Crippen LogP contribution in [0, 0.1) is 56.7 Å². The first-order chi connectivity index (χ1) is 22.0. The van der Waals surface area contributed by atoms with Crippen LogP contribution in [0.15, 0.2) is 11.6 Å². The summed E-state index contributed by atoms with van der Waals surface area (Å²) in [5.74, 6) is -0.721. The zero-order valence-corrected chi connectivity index (χ0v) is 30.1. The molecule has 0 aromatic rings. The van der Waals surface area contributed by atoms with Crippen LogP contribution in [0.5, 0.6) is 0 Å². The summed E-state index contributed by atoms with van der Waals surface area (Å²) in [6.45, 7) is 20.9. The van der Waals surface area contributed by atoms with Crippen LogP contribution < -0.4 is 0 Å². The van der Waals surface area contributed by atoms with E-state index in [1.54, 1.807) is 0 Å². The number of fused-ring (bicyclic) bond motifs is 3. The first-order valence-electron chi connectivity index (χ1n) is 18.2. The maximum absolute atomic E-state index is 13.4. The van der Waals surface area contributed by atoms with Crippen LogP contribution in [-0.2, 0) is 33.3 Å². The van der Waals surface area contributed by atoms with Gasteiger partial charge in [0.15, 0.2) is 0 Å². The number of esters is 2. The molecular formula is C38H59NO8. The highest BCUT2D eigenvalue weighted by Gasteiger charge is 2.72. The average Bonchev–Trinajstić information content (AvgIpc) is 2.99. The Kier molecular flexibility index (Phi) is 8.99. The Morgan fingerprint density at radius 2 is 1.68 bits per heavy atom. The second-order valence-corrected chi connectivity index (χ2v) is 17.5. The molecule has 0 aromatic carbocycles. The summed E-state index contributed by atoms with van der Waals surface area (Å²) in [5.41, 5.74) is -0.440. The van der Waals surface area contributed by atoms with E-state index in [-0.39, 0.29) is 52.5 Å². The highest BCUT2D eigenvalue weighted by molar-refractivity contribution is 5.73. The van der Waals surface area contributed by atoms with E-state index in [0.29, 0.717) is 58.3 Å². The maximum Gasteiger partial charge on any atom is 0.320 e. The van der Waals surface area contributed by atoms with Crippen LogP contribution in [0.1, 0.15) is 93.9 Å². The summed E-state index contributed by atoms with van der Waals surface area (Å²) in [4.78, 5) is 41.4. The van der Waals surface area contributed by atoms with E-state index in [1.807, 2.05) is 0 Å². The fourth-order valence-corrected chi connectivity index (χ4v) is 12.2. The molecule has 1 N–H and O–H groups in total. The summed E-state index contributed by atoms with van der Waals surface area (Å²) in [7, 11) is 0. The van der Waals surface area contributed by atoms with Gasteiger partial charge in [0.1, 0.15) is 12.2 Å². The molecule has 4 aliphatic carbocycles. The van der Waals surface area contributed by atoms with Crippen molar-refractivity contribution in [1.82, 2.24) is 4.90 Å². The van der Waals surface area contributed by atoms with Crippen molar-refractivity contribution in [2.45, 2.75) is 106 Å².